The molecule has 1 aromatic carbocycles. The number of amides is 2. The lowest BCUT2D eigenvalue weighted by Gasteiger charge is -2.22. The lowest BCUT2D eigenvalue weighted by molar-refractivity contribution is -0.127. The number of para-hydroxylation sites is 1. The van der Waals surface area contributed by atoms with Crippen LogP contribution in [-0.4, -0.2) is 47.4 Å². The summed E-state index contributed by atoms with van der Waals surface area (Å²) in [6, 6.07) is 8.38. The maximum Gasteiger partial charge on any atom is 0.239 e. The van der Waals surface area contributed by atoms with E-state index < -0.39 is 0 Å². The highest BCUT2D eigenvalue weighted by atomic mass is 32.1. The van der Waals surface area contributed by atoms with Crippen molar-refractivity contribution in [1.82, 2.24) is 20.5 Å². The first-order valence-corrected chi connectivity index (χ1v) is 9.50. The minimum absolute atomic E-state index is 0.0245. The number of benzene rings is 1. The number of carbonyl (C=O) groups excluding carboxylic acids is 2. The van der Waals surface area contributed by atoms with Crippen LogP contribution in [0.15, 0.2) is 24.3 Å². The molecule has 0 saturated carbocycles. The van der Waals surface area contributed by atoms with Gasteiger partial charge in [0, 0.05) is 6.04 Å². The molecule has 0 bridgehead atoms. The Kier molecular flexibility index (Phi) is 5.65. The quantitative estimate of drug-likeness (QED) is 0.827. The van der Waals surface area contributed by atoms with Gasteiger partial charge in [-0.1, -0.05) is 12.1 Å². The average molecular weight is 360 g/mol. The van der Waals surface area contributed by atoms with Crippen molar-refractivity contribution in [2.45, 2.75) is 38.8 Å². The van der Waals surface area contributed by atoms with Gasteiger partial charge >= 0.3 is 0 Å². The number of thiazole rings is 1. The van der Waals surface area contributed by atoms with Crippen LogP contribution in [0.5, 0.6) is 0 Å². The topological polar surface area (TPSA) is 74.3 Å². The summed E-state index contributed by atoms with van der Waals surface area (Å²) in [6.07, 6.45) is 2.07. The molecule has 2 amide bonds. The maximum atomic E-state index is 12.2. The van der Waals surface area contributed by atoms with Gasteiger partial charge in [-0.05, 0) is 45.4 Å². The van der Waals surface area contributed by atoms with E-state index in [9.17, 15) is 9.59 Å². The van der Waals surface area contributed by atoms with E-state index in [-0.39, 0.29) is 30.4 Å². The first-order valence-electron chi connectivity index (χ1n) is 8.68. The molecule has 0 spiro atoms. The molecule has 2 N–H and O–H groups in total. The second kappa shape index (κ2) is 7.93. The zero-order valence-corrected chi connectivity index (χ0v) is 15.4. The normalized spacial score (nSPS) is 18.0. The van der Waals surface area contributed by atoms with Gasteiger partial charge in [0.25, 0.3) is 0 Å². The number of nitrogens with zero attached hydrogens (tertiary/aromatic N) is 2. The highest BCUT2D eigenvalue weighted by molar-refractivity contribution is 7.18. The predicted octanol–water partition coefficient (Wildman–Crippen LogP) is 2.07. The van der Waals surface area contributed by atoms with Crippen LogP contribution in [0.3, 0.4) is 0 Å². The number of fused-ring (bicyclic) bond motifs is 1. The number of likely N-dealkylation sites (tertiary alicyclic amines) is 1. The van der Waals surface area contributed by atoms with Crippen molar-refractivity contribution in [2.75, 3.05) is 19.6 Å². The molecule has 1 saturated heterocycles. The van der Waals surface area contributed by atoms with Gasteiger partial charge in [0.2, 0.25) is 11.8 Å². The summed E-state index contributed by atoms with van der Waals surface area (Å²) in [5.41, 5.74) is 1.02. The minimum Gasteiger partial charge on any atom is -0.352 e. The van der Waals surface area contributed by atoms with Crippen LogP contribution in [0, 0.1) is 0 Å². The van der Waals surface area contributed by atoms with Crippen LogP contribution in [-0.2, 0) is 9.59 Å². The van der Waals surface area contributed by atoms with Gasteiger partial charge in [-0.15, -0.1) is 11.3 Å². The molecule has 7 heteroatoms. The van der Waals surface area contributed by atoms with Crippen molar-refractivity contribution in [2.24, 2.45) is 0 Å². The molecule has 0 unspecified atom stereocenters. The van der Waals surface area contributed by atoms with E-state index >= 15 is 0 Å². The smallest absolute Gasteiger partial charge is 0.239 e. The van der Waals surface area contributed by atoms with Crippen molar-refractivity contribution in [3.8, 4) is 0 Å². The number of rotatable bonds is 6. The molecular formula is C18H24N4O2S. The van der Waals surface area contributed by atoms with Gasteiger partial charge in [0.05, 0.1) is 29.3 Å². The first kappa shape index (κ1) is 17.8. The monoisotopic (exact) mass is 360 g/mol. The maximum absolute atomic E-state index is 12.2. The fourth-order valence-corrected chi connectivity index (χ4v) is 4.26. The number of aromatic nitrogens is 1. The van der Waals surface area contributed by atoms with Crippen LogP contribution >= 0.6 is 11.3 Å². The summed E-state index contributed by atoms with van der Waals surface area (Å²) < 4.78 is 1.18. The summed E-state index contributed by atoms with van der Waals surface area (Å²) in [5.74, 6) is -0.278. The number of hydrogen-bond acceptors (Lipinski definition) is 5. The molecule has 1 aliphatic rings. The van der Waals surface area contributed by atoms with Crippen molar-refractivity contribution in [1.29, 1.82) is 0 Å². The highest BCUT2D eigenvalue weighted by Crippen LogP contribution is 2.36. The molecule has 1 aromatic heterocycles. The third kappa shape index (κ3) is 4.55. The van der Waals surface area contributed by atoms with E-state index in [0.29, 0.717) is 6.54 Å². The van der Waals surface area contributed by atoms with Crippen LogP contribution in [0.25, 0.3) is 10.2 Å². The lowest BCUT2D eigenvalue weighted by atomic mass is 10.2. The second-order valence-electron chi connectivity index (χ2n) is 6.65. The fourth-order valence-electron chi connectivity index (χ4n) is 3.12. The molecule has 1 aliphatic heterocycles. The molecular weight excluding hydrogens is 336 g/mol. The molecule has 3 rings (SSSR count). The highest BCUT2D eigenvalue weighted by Gasteiger charge is 2.30. The van der Waals surface area contributed by atoms with Crippen LogP contribution < -0.4 is 10.6 Å². The summed E-state index contributed by atoms with van der Waals surface area (Å²) in [5, 5.41) is 6.54. The summed E-state index contributed by atoms with van der Waals surface area (Å²) in [7, 11) is 0. The van der Waals surface area contributed by atoms with Crippen molar-refractivity contribution >= 4 is 33.4 Å². The average Bonchev–Trinajstić information content (AvgIpc) is 3.18. The Morgan fingerprint density at radius 2 is 2.12 bits per heavy atom. The molecule has 0 aliphatic carbocycles. The van der Waals surface area contributed by atoms with Crippen LogP contribution in [0.1, 0.15) is 37.7 Å². The van der Waals surface area contributed by atoms with Gasteiger partial charge in [0.15, 0.2) is 0 Å². The van der Waals surface area contributed by atoms with Crippen LogP contribution in [0.2, 0.25) is 0 Å². The Morgan fingerprint density at radius 3 is 2.88 bits per heavy atom. The van der Waals surface area contributed by atoms with Crippen molar-refractivity contribution in [3.63, 3.8) is 0 Å². The van der Waals surface area contributed by atoms with Gasteiger partial charge in [-0.3, -0.25) is 14.5 Å². The molecule has 2 heterocycles. The van der Waals surface area contributed by atoms with E-state index in [2.05, 4.69) is 21.6 Å². The molecule has 25 heavy (non-hydrogen) atoms. The Labute approximate surface area is 151 Å². The summed E-state index contributed by atoms with van der Waals surface area (Å²) in [4.78, 5) is 30.7. The Hall–Kier alpha value is -1.99. The Morgan fingerprint density at radius 1 is 1.32 bits per heavy atom. The van der Waals surface area contributed by atoms with E-state index in [1.165, 1.54) is 4.70 Å². The number of nitrogens with one attached hydrogen (secondary N) is 2. The van der Waals surface area contributed by atoms with Gasteiger partial charge in [0.1, 0.15) is 5.01 Å². The van der Waals surface area contributed by atoms with Gasteiger partial charge in [-0.2, -0.15) is 0 Å². The Bertz CT molecular complexity index is 725. The lowest BCUT2D eigenvalue weighted by Crippen LogP contribution is -2.43. The van der Waals surface area contributed by atoms with Crippen molar-refractivity contribution < 1.29 is 9.59 Å². The standard InChI is InChI=1S/C18H24N4O2S/c1-12(2)20-16(23)10-19-17(24)11-22-9-5-7-14(22)18-21-13-6-3-4-8-15(13)25-18/h3-4,6,8,12,14H,5,7,9-11H2,1-2H3,(H,19,24)(H,20,23)/t14-/m0/s1. The van der Waals surface area contributed by atoms with Gasteiger partial charge in [-0.25, -0.2) is 4.98 Å². The van der Waals surface area contributed by atoms with E-state index in [1.54, 1.807) is 11.3 Å². The third-order valence-electron chi connectivity index (χ3n) is 4.20. The molecule has 2 aromatic rings. The van der Waals surface area contributed by atoms with Crippen LogP contribution in [0.4, 0.5) is 0 Å². The van der Waals surface area contributed by atoms with Gasteiger partial charge < -0.3 is 10.6 Å². The molecule has 0 radical (unpaired) electrons. The molecule has 134 valence electrons. The van der Waals surface area contributed by atoms with E-state index in [0.717, 1.165) is 29.9 Å². The minimum atomic E-state index is -0.160. The largest absolute Gasteiger partial charge is 0.352 e. The fraction of sp³-hybridized carbons (Fsp3) is 0.500. The van der Waals surface area contributed by atoms with E-state index in [1.807, 2.05) is 32.0 Å². The molecule has 1 fully saturated rings. The summed E-state index contributed by atoms with van der Waals surface area (Å²) >= 11 is 1.70. The zero-order valence-electron chi connectivity index (χ0n) is 14.6. The first-order chi connectivity index (χ1) is 12.0. The third-order valence-corrected chi connectivity index (χ3v) is 5.34. The SMILES string of the molecule is CC(C)NC(=O)CNC(=O)CN1CCC[C@H]1c1nc2ccccc2s1. The van der Waals surface area contributed by atoms with Crippen molar-refractivity contribution in [3.05, 3.63) is 29.3 Å². The zero-order chi connectivity index (χ0) is 17.8. The van der Waals surface area contributed by atoms with E-state index in [4.69, 9.17) is 4.98 Å². The molecule has 1 atom stereocenters. The molecule has 6 nitrogen and oxygen atoms in total. The predicted molar refractivity (Wildman–Crippen MR) is 99.5 cm³/mol. The number of hydrogen-bond donors (Lipinski definition) is 2. The number of carbonyl (C=O) groups is 2. The Balaban J connectivity index is 1.58. The summed E-state index contributed by atoms with van der Waals surface area (Å²) in [6.45, 7) is 5.00. The second-order valence-corrected chi connectivity index (χ2v) is 7.71.